The van der Waals surface area contributed by atoms with Crippen LogP contribution in [0.15, 0.2) is 54.6 Å². The van der Waals surface area contributed by atoms with Gasteiger partial charge in [-0.15, -0.1) is 0 Å². The molecule has 0 saturated heterocycles. The molecule has 29 heavy (non-hydrogen) atoms. The Bertz CT molecular complexity index is 1210. The standard InChI is InChI=1S/C19H12Cl4O5S/c20-10-8-13(17(22)14(21)9-10)19(29(26,27)28,11-4-1-2-6-15(11)24)12-5-3-7-16(25)18(12)23/h1-9,24-25H,(H,26,27,28). The van der Waals surface area contributed by atoms with Crippen molar-refractivity contribution in [1.29, 1.82) is 0 Å². The van der Waals surface area contributed by atoms with Crippen molar-refractivity contribution in [3.8, 4) is 11.5 Å². The van der Waals surface area contributed by atoms with E-state index in [2.05, 4.69) is 0 Å². The van der Waals surface area contributed by atoms with Gasteiger partial charge in [0.15, 0.2) is 4.75 Å². The first-order valence-electron chi connectivity index (χ1n) is 7.90. The van der Waals surface area contributed by atoms with Gasteiger partial charge in [0.05, 0.1) is 15.1 Å². The summed E-state index contributed by atoms with van der Waals surface area (Å²) >= 11 is 24.8. The number of phenolic OH excluding ortho intramolecular Hbond substituents is 2. The number of halogens is 4. The van der Waals surface area contributed by atoms with E-state index in [-0.39, 0.29) is 36.8 Å². The lowest BCUT2D eigenvalue weighted by Crippen LogP contribution is -2.39. The zero-order valence-electron chi connectivity index (χ0n) is 14.3. The Morgan fingerprint density at radius 3 is 1.93 bits per heavy atom. The molecule has 0 fully saturated rings. The normalized spacial score (nSPS) is 13.8. The van der Waals surface area contributed by atoms with Crippen molar-refractivity contribution in [2.45, 2.75) is 4.75 Å². The van der Waals surface area contributed by atoms with E-state index >= 15 is 0 Å². The fraction of sp³-hybridized carbons (Fsp3) is 0.0526. The number of hydrogen-bond acceptors (Lipinski definition) is 4. The van der Waals surface area contributed by atoms with E-state index in [0.29, 0.717) is 0 Å². The van der Waals surface area contributed by atoms with Crippen LogP contribution in [-0.4, -0.2) is 23.2 Å². The number of phenols is 2. The molecular formula is C19H12Cl4O5S. The van der Waals surface area contributed by atoms with Gasteiger partial charge >= 0.3 is 0 Å². The Morgan fingerprint density at radius 2 is 1.31 bits per heavy atom. The molecular weight excluding hydrogens is 482 g/mol. The third-order valence-electron chi connectivity index (χ3n) is 4.40. The van der Waals surface area contributed by atoms with Gasteiger partial charge in [-0.25, -0.2) is 0 Å². The van der Waals surface area contributed by atoms with Gasteiger partial charge in [-0.05, 0) is 24.3 Å². The SMILES string of the molecule is O=S(=O)(O)C(c1ccccc1O)(c1cccc(O)c1Cl)c1cc(Cl)cc(Cl)c1Cl. The molecule has 152 valence electrons. The Kier molecular flexibility index (Phi) is 5.98. The summed E-state index contributed by atoms with van der Waals surface area (Å²) < 4.78 is 34.0. The van der Waals surface area contributed by atoms with Gasteiger partial charge in [0.25, 0.3) is 10.1 Å². The lowest BCUT2D eigenvalue weighted by molar-refractivity contribution is 0.439. The molecule has 0 bridgehead atoms. The van der Waals surface area contributed by atoms with E-state index in [1.54, 1.807) is 0 Å². The molecule has 0 saturated carbocycles. The highest BCUT2D eigenvalue weighted by Crippen LogP contribution is 2.53. The quantitative estimate of drug-likeness (QED) is 0.239. The van der Waals surface area contributed by atoms with E-state index in [1.807, 2.05) is 0 Å². The Balaban J connectivity index is 2.68. The van der Waals surface area contributed by atoms with E-state index in [0.717, 1.165) is 0 Å². The van der Waals surface area contributed by atoms with Crippen molar-refractivity contribution in [1.82, 2.24) is 0 Å². The van der Waals surface area contributed by atoms with Crippen LogP contribution in [0.3, 0.4) is 0 Å². The zero-order chi connectivity index (χ0) is 21.6. The minimum atomic E-state index is -5.16. The molecule has 1 atom stereocenters. The molecule has 0 spiro atoms. The summed E-state index contributed by atoms with van der Waals surface area (Å²) in [5.41, 5.74) is -0.785. The van der Waals surface area contributed by atoms with Gasteiger partial charge in [0.2, 0.25) is 0 Å². The number of hydrogen-bond donors (Lipinski definition) is 3. The third-order valence-corrected chi connectivity index (χ3v) is 7.25. The maximum atomic E-state index is 13.0. The van der Waals surface area contributed by atoms with Crippen LogP contribution in [0.2, 0.25) is 20.1 Å². The van der Waals surface area contributed by atoms with Crippen molar-refractivity contribution in [3.63, 3.8) is 0 Å². The summed E-state index contributed by atoms with van der Waals surface area (Å²) in [4.78, 5) is 0. The summed E-state index contributed by atoms with van der Waals surface area (Å²) in [5, 5.41) is 20.0. The molecule has 0 aliphatic carbocycles. The Morgan fingerprint density at radius 1 is 0.724 bits per heavy atom. The predicted molar refractivity (Wildman–Crippen MR) is 114 cm³/mol. The van der Waals surface area contributed by atoms with Crippen molar-refractivity contribution >= 4 is 56.5 Å². The highest BCUT2D eigenvalue weighted by atomic mass is 35.5. The predicted octanol–water partition coefficient (Wildman–Crippen LogP) is 5.89. The van der Waals surface area contributed by atoms with Crippen LogP contribution in [0.25, 0.3) is 0 Å². The minimum Gasteiger partial charge on any atom is -0.508 e. The summed E-state index contributed by atoms with van der Waals surface area (Å²) in [5.74, 6) is -0.923. The fourth-order valence-corrected chi connectivity index (χ4v) is 5.69. The van der Waals surface area contributed by atoms with Gasteiger partial charge < -0.3 is 10.2 Å². The summed E-state index contributed by atoms with van der Waals surface area (Å²) in [6, 6.07) is 11.7. The molecule has 3 aromatic carbocycles. The molecule has 3 rings (SSSR count). The first kappa shape index (κ1) is 22.0. The first-order valence-corrected chi connectivity index (χ1v) is 10.9. The monoisotopic (exact) mass is 492 g/mol. The second-order valence-corrected chi connectivity index (χ2v) is 9.22. The van der Waals surface area contributed by atoms with Crippen molar-refractivity contribution in [3.05, 3.63) is 91.4 Å². The van der Waals surface area contributed by atoms with Crippen molar-refractivity contribution in [2.24, 2.45) is 0 Å². The third kappa shape index (κ3) is 3.54. The van der Waals surface area contributed by atoms with Crippen LogP contribution in [-0.2, 0) is 14.9 Å². The molecule has 0 heterocycles. The Labute approximate surface area is 186 Å². The van der Waals surface area contributed by atoms with Gasteiger partial charge in [-0.1, -0.05) is 76.7 Å². The molecule has 3 N–H and O–H groups in total. The largest absolute Gasteiger partial charge is 0.508 e. The second-order valence-electron chi connectivity index (χ2n) is 6.06. The lowest BCUT2D eigenvalue weighted by atomic mass is 9.83. The average molecular weight is 494 g/mol. The smallest absolute Gasteiger partial charge is 0.283 e. The van der Waals surface area contributed by atoms with Gasteiger partial charge in [-0.3, -0.25) is 4.55 Å². The molecule has 0 aliphatic rings. The van der Waals surface area contributed by atoms with Crippen molar-refractivity contribution < 1.29 is 23.2 Å². The van der Waals surface area contributed by atoms with Crippen LogP contribution in [0.4, 0.5) is 0 Å². The molecule has 0 aliphatic heterocycles. The van der Waals surface area contributed by atoms with Crippen LogP contribution in [0, 0.1) is 0 Å². The number of aromatic hydroxyl groups is 2. The minimum absolute atomic E-state index is 0.0223. The van der Waals surface area contributed by atoms with Crippen LogP contribution in [0.1, 0.15) is 16.7 Å². The number of rotatable bonds is 4. The van der Waals surface area contributed by atoms with Gasteiger partial charge in [0.1, 0.15) is 11.5 Å². The molecule has 0 amide bonds. The molecule has 5 nitrogen and oxygen atoms in total. The second kappa shape index (κ2) is 7.87. The molecule has 3 aromatic rings. The van der Waals surface area contributed by atoms with Crippen LogP contribution >= 0.6 is 46.4 Å². The molecule has 10 heteroatoms. The zero-order valence-corrected chi connectivity index (χ0v) is 18.1. The van der Waals surface area contributed by atoms with E-state index in [1.165, 1.54) is 54.6 Å². The molecule has 1 unspecified atom stereocenters. The molecule has 0 radical (unpaired) electrons. The van der Waals surface area contributed by atoms with Gasteiger partial charge in [-0.2, -0.15) is 8.42 Å². The highest BCUT2D eigenvalue weighted by molar-refractivity contribution is 7.87. The lowest BCUT2D eigenvalue weighted by Gasteiger charge is -2.34. The average Bonchev–Trinajstić information content (AvgIpc) is 2.63. The maximum Gasteiger partial charge on any atom is 0.283 e. The summed E-state index contributed by atoms with van der Waals surface area (Å²) in [7, 11) is -5.16. The highest BCUT2D eigenvalue weighted by Gasteiger charge is 2.53. The van der Waals surface area contributed by atoms with E-state index in [4.69, 9.17) is 46.4 Å². The fourth-order valence-electron chi connectivity index (χ4n) is 3.23. The first-order chi connectivity index (χ1) is 13.5. The summed E-state index contributed by atoms with van der Waals surface area (Å²) in [6.07, 6.45) is 0. The number of para-hydroxylation sites is 1. The van der Waals surface area contributed by atoms with Crippen molar-refractivity contribution in [2.75, 3.05) is 0 Å². The molecule has 0 aromatic heterocycles. The van der Waals surface area contributed by atoms with Crippen LogP contribution < -0.4 is 0 Å². The van der Waals surface area contributed by atoms with E-state index < -0.39 is 26.4 Å². The summed E-state index contributed by atoms with van der Waals surface area (Å²) in [6.45, 7) is 0. The maximum absolute atomic E-state index is 13.0. The van der Waals surface area contributed by atoms with E-state index in [9.17, 15) is 23.2 Å². The number of benzene rings is 3. The van der Waals surface area contributed by atoms with Gasteiger partial charge in [0, 0.05) is 21.7 Å². The topological polar surface area (TPSA) is 94.8 Å². The Hall–Kier alpha value is -1.67. The van der Waals surface area contributed by atoms with Crippen LogP contribution in [0.5, 0.6) is 11.5 Å².